The second-order valence-corrected chi connectivity index (χ2v) is 18.0. The minimum atomic E-state index is -1.43. The van der Waals surface area contributed by atoms with Gasteiger partial charge in [0.25, 0.3) is 5.56 Å². The van der Waals surface area contributed by atoms with Crippen LogP contribution in [0.2, 0.25) is 0 Å². The molecule has 0 bridgehead atoms. The van der Waals surface area contributed by atoms with Gasteiger partial charge in [-0.3, -0.25) is 13.9 Å². The van der Waals surface area contributed by atoms with Crippen molar-refractivity contribution in [3.63, 3.8) is 0 Å². The number of benzene rings is 7. The number of hydrogen-bond donors (Lipinski definition) is 1. The van der Waals surface area contributed by atoms with Gasteiger partial charge in [0.1, 0.15) is 65.4 Å². The third-order valence-corrected chi connectivity index (χ3v) is 13.8. The highest BCUT2D eigenvalue weighted by Gasteiger charge is 2.53. The molecule has 1 aliphatic heterocycles. The van der Waals surface area contributed by atoms with E-state index < -0.39 is 47.3 Å². The van der Waals surface area contributed by atoms with Gasteiger partial charge in [0.05, 0.1) is 53.5 Å². The monoisotopic (exact) mass is 1020 g/mol. The van der Waals surface area contributed by atoms with Gasteiger partial charge in [-0.25, -0.2) is 14.8 Å². The molecule has 0 unspecified atom stereocenters. The number of rotatable bonds is 20. The van der Waals surface area contributed by atoms with E-state index in [1.165, 1.54) is 17.2 Å². The van der Waals surface area contributed by atoms with Gasteiger partial charge >= 0.3 is 5.97 Å². The number of ether oxygens (including phenoxy) is 8. The predicted molar refractivity (Wildman–Crippen MR) is 284 cm³/mol. The lowest BCUT2D eigenvalue weighted by Crippen LogP contribution is -2.45. The molecule has 0 aliphatic carbocycles. The number of hydrogen-bond acceptors (Lipinski definition) is 13. The molecule has 7 aromatic carbocycles. The summed E-state index contributed by atoms with van der Waals surface area (Å²) in [5.74, 6) is 2.07. The smallest absolute Gasteiger partial charge is 0.338 e. The fourth-order valence-corrected chi connectivity index (χ4v) is 9.91. The van der Waals surface area contributed by atoms with Crippen LogP contribution in [0.25, 0.3) is 11.2 Å². The van der Waals surface area contributed by atoms with Crippen molar-refractivity contribution in [1.82, 2.24) is 19.1 Å². The molecule has 2 aromatic heterocycles. The maximum Gasteiger partial charge on any atom is 0.338 e. The zero-order valence-corrected chi connectivity index (χ0v) is 42.3. The number of aliphatic hydroxyl groups excluding tert-OH is 1. The van der Waals surface area contributed by atoms with E-state index in [9.17, 15) is 14.7 Å². The number of carbonyl (C=O) groups excluding carboxylic acids is 1. The van der Waals surface area contributed by atoms with Crippen LogP contribution in [0.1, 0.15) is 50.0 Å². The highest BCUT2D eigenvalue weighted by atomic mass is 16.6. The summed E-state index contributed by atoms with van der Waals surface area (Å²) < 4.78 is 53.0. The van der Waals surface area contributed by atoms with Crippen molar-refractivity contribution >= 4 is 17.1 Å². The molecule has 386 valence electrons. The fraction of sp³-hybridized carbons (Fsp3) is 0.213. The molecule has 15 heteroatoms. The highest BCUT2D eigenvalue weighted by molar-refractivity contribution is 5.89. The van der Waals surface area contributed by atoms with Crippen molar-refractivity contribution < 1.29 is 47.8 Å². The lowest BCUT2D eigenvalue weighted by molar-refractivity contribution is -0.123. The van der Waals surface area contributed by atoms with Crippen molar-refractivity contribution in [3.05, 3.63) is 250 Å². The maximum atomic E-state index is 14.2. The van der Waals surface area contributed by atoms with Gasteiger partial charge in [-0.15, -0.1) is 0 Å². The van der Waals surface area contributed by atoms with E-state index >= 15 is 0 Å². The lowest BCUT2D eigenvalue weighted by Gasteiger charge is -2.40. The number of aromatic nitrogens is 4. The van der Waals surface area contributed by atoms with Gasteiger partial charge in [0.2, 0.25) is 0 Å². The molecule has 15 nitrogen and oxygen atoms in total. The Bertz CT molecular complexity index is 3320. The van der Waals surface area contributed by atoms with Crippen LogP contribution in [-0.2, 0) is 36.7 Å². The van der Waals surface area contributed by atoms with Crippen LogP contribution in [-0.4, -0.2) is 90.1 Å². The third-order valence-electron chi connectivity index (χ3n) is 13.8. The molecule has 3 heterocycles. The van der Waals surface area contributed by atoms with Crippen LogP contribution in [0.3, 0.4) is 0 Å². The average molecular weight is 1020 g/mol. The van der Waals surface area contributed by atoms with E-state index in [0.717, 1.165) is 22.3 Å². The van der Waals surface area contributed by atoms with Gasteiger partial charge in [-0.1, -0.05) is 127 Å². The molecule has 0 amide bonds. The van der Waals surface area contributed by atoms with Crippen molar-refractivity contribution in [1.29, 1.82) is 0 Å². The predicted octanol–water partition coefficient (Wildman–Crippen LogP) is 9.13. The van der Waals surface area contributed by atoms with Crippen LogP contribution >= 0.6 is 0 Å². The number of methoxy groups -OCH3 is 4. The second kappa shape index (κ2) is 22.5. The summed E-state index contributed by atoms with van der Waals surface area (Å²) in [4.78, 5) is 36.3. The van der Waals surface area contributed by atoms with Gasteiger partial charge < -0.3 is 43.0 Å². The van der Waals surface area contributed by atoms with Crippen molar-refractivity contribution in [2.75, 3.05) is 41.7 Å². The molecule has 76 heavy (non-hydrogen) atoms. The fourth-order valence-electron chi connectivity index (χ4n) is 9.91. The highest BCUT2D eigenvalue weighted by Crippen LogP contribution is 2.48. The standard InChI is InChI=1S/C61H56N4O11/c1-69-48-28-20-44(21-29-48)60(42-16-10-6-11-17-42,45-22-30-49(70-2)31-23-45)74-38-52-54(66)55(58(75-52)65-40-62-53-56(65)63-39-64(57(53)67)36-37-73-59(68)41-14-8-5-9-15-41)76-61(43-18-12-7-13-19-43,46-24-32-50(71-3)33-25-46)47-26-34-51(72-4)35-27-47/h5-35,39-40,52,54-55,58,66H,36-38H2,1-4H3/t52-,54+,55-,58-/m0/s1. The maximum absolute atomic E-state index is 14.2. The number of aliphatic hydroxyl groups is 1. The lowest BCUT2D eigenvalue weighted by atomic mass is 9.79. The molecule has 0 spiro atoms. The average Bonchev–Trinajstić information content (AvgIpc) is 4.07. The second-order valence-electron chi connectivity index (χ2n) is 18.0. The van der Waals surface area contributed by atoms with E-state index in [2.05, 4.69) is 4.98 Å². The Morgan fingerprint density at radius 3 is 1.47 bits per heavy atom. The van der Waals surface area contributed by atoms with Crippen LogP contribution in [0.5, 0.6) is 23.0 Å². The zero-order chi connectivity index (χ0) is 52.7. The first-order valence-electron chi connectivity index (χ1n) is 24.7. The third kappa shape index (κ3) is 9.80. The van der Waals surface area contributed by atoms with Gasteiger partial charge in [-0.05, 0) is 94.0 Å². The molecular weight excluding hydrogens is 965 g/mol. The van der Waals surface area contributed by atoms with Gasteiger partial charge in [0, 0.05) is 0 Å². The number of imidazole rings is 1. The first-order chi connectivity index (χ1) is 37.2. The summed E-state index contributed by atoms with van der Waals surface area (Å²) in [5.41, 5.74) is 1.92. The number of fused-ring (bicyclic) bond motifs is 1. The molecule has 1 aliphatic rings. The van der Waals surface area contributed by atoms with Crippen LogP contribution in [0.15, 0.2) is 206 Å². The molecular formula is C61H56N4O11. The minimum absolute atomic E-state index is 0.0197. The van der Waals surface area contributed by atoms with E-state index in [4.69, 9.17) is 42.9 Å². The summed E-state index contributed by atoms with van der Waals surface area (Å²) in [6.45, 7) is -0.249. The van der Waals surface area contributed by atoms with Crippen LogP contribution in [0, 0.1) is 0 Å². The summed E-state index contributed by atoms with van der Waals surface area (Å²) in [6, 6.07) is 58.7. The molecule has 1 fully saturated rings. The van der Waals surface area contributed by atoms with E-state index in [-0.39, 0.29) is 30.9 Å². The van der Waals surface area contributed by atoms with Crippen LogP contribution < -0.4 is 24.5 Å². The SMILES string of the molecule is COc1ccc(C(OC[C@@H]2O[C@H](n3cnc4c(=O)n(CCOC(=O)c5ccccc5)cnc43)[C@@H](OC(c3ccccc3)(c3ccc(OC)cc3)c3ccc(OC)cc3)[C@@H]2O)(c2ccccc2)c2ccc(OC)cc2)cc1. The number of carbonyl (C=O) groups is 1. The zero-order valence-electron chi connectivity index (χ0n) is 42.3. The number of esters is 1. The topological polar surface area (TPSA) is 164 Å². The largest absolute Gasteiger partial charge is 0.497 e. The minimum Gasteiger partial charge on any atom is -0.497 e. The Hall–Kier alpha value is -8.60. The summed E-state index contributed by atoms with van der Waals surface area (Å²) in [5, 5.41) is 13.2. The van der Waals surface area contributed by atoms with Gasteiger partial charge in [0.15, 0.2) is 17.4 Å². The molecule has 0 saturated carbocycles. The molecule has 0 radical (unpaired) electrons. The molecule has 1 saturated heterocycles. The number of nitrogens with zero attached hydrogens (tertiary/aromatic N) is 4. The summed E-state index contributed by atoms with van der Waals surface area (Å²) >= 11 is 0. The summed E-state index contributed by atoms with van der Waals surface area (Å²) in [6.07, 6.45) is -2.03. The van der Waals surface area contributed by atoms with Crippen molar-refractivity contribution in [2.45, 2.75) is 42.3 Å². The molecule has 1 N–H and O–H groups in total. The van der Waals surface area contributed by atoms with Crippen molar-refractivity contribution in [2.24, 2.45) is 0 Å². The van der Waals surface area contributed by atoms with Crippen LogP contribution in [0.4, 0.5) is 0 Å². The Morgan fingerprint density at radius 1 is 0.566 bits per heavy atom. The molecule has 9 aromatic rings. The van der Waals surface area contributed by atoms with E-state index in [1.54, 1.807) is 57.3 Å². The van der Waals surface area contributed by atoms with E-state index in [1.807, 2.05) is 164 Å². The van der Waals surface area contributed by atoms with E-state index in [0.29, 0.717) is 39.7 Å². The first-order valence-corrected chi connectivity index (χ1v) is 24.7. The normalized spacial score (nSPS) is 16.5. The van der Waals surface area contributed by atoms with Gasteiger partial charge in [-0.2, -0.15) is 0 Å². The molecule has 10 rings (SSSR count). The Kier molecular flexibility index (Phi) is 15.1. The first kappa shape index (κ1) is 50.9. The Balaban J connectivity index is 1.09. The quantitative estimate of drug-likeness (QED) is 0.0569. The summed E-state index contributed by atoms with van der Waals surface area (Å²) in [7, 11) is 6.44. The Labute approximate surface area is 439 Å². The van der Waals surface area contributed by atoms with Crippen molar-refractivity contribution in [3.8, 4) is 23.0 Å². The Morgan fingerprint density at radius 2 is 1.00 bits per heavy atom. The molecule has 4 atom stereocenters.